The van der Waals surface area contributed by atoms with Gasteiger partial charge in [-0.05, 0) is 0 Å². The molecule has 0 radical (unpaired) electrons. The van der Waals surface area contributed by atoms with E-state index >= 15 is 0 Å². The first-order valence-corrected chi connectivity index (χ1v) is 16.6. The van der Waals surface area contributed by atoms with E-state index < -0.39 is 3.92 Å². The molecule has 1 amide bonds. The number of ether oxygens (including phenoxy) is 1. The topological polar surface area (TPSA) is 100 Å². The Morgan fingerprint density at radius 2 is 1.98 bits per heavy atom. The van der Waals surface area contributed by atoms with Crippen LogP contribution in [0.2, 0.25) is 0 Å². The third-order valence-electron chi connectivity index (χ3n) is 7.68. The van der Waals surface area contributed by atoms with Crippen LogP contribution in [0.5, 0.6) is 5.75 Å². The zero-order chi connectivity index (χ0) is 29.2. The molecule has 2 aromatic heterocycles. The van der Waals surface area contributed by atoms with Gasteiger partial charge in [0.25, 0.3) is 0 Å². The molecule has 1 unspecified atom stereocenters. The maximum atomic E-state index is 14.3. The number of halogens is 1. The number of fused-ring (bicyclic) bond motifs is 1. The van der Waals surface area contributed by atoms with Crippen molar-refractivity contribution in [1.82, 2.24) is 24.6 Å². The molecule has 214 valence electrons. The van der Waals surface area contributed by atoms with E-state index in [0.717, 1.165) is 60.8 Å². The number of hydrogen-bond donors (Lipinski definition) is 2. The summed E-state index contributed by atoms with van der Waals surface area (Å²) in [6.07, 6.45) is 7.19. The van der Waals surface area contributed by atoms with Gasteiger partial charge in [0.15, 0.2) is 0 Å². The van der Waals surface area contributed by atoms with Crippen LogP contribution in [0.3, 0.4) is 0 Å². The first-order chi connectivity index (χ1) is 20.4. The summed E-state index contributed by atoms with van der Waals surface area (Å²) in [6, 6.07) is 11.4. The van der Waals surface area contributed by atoms with E-state index in [0.29, 0.717) is 28.6 Å². The van der Waals surface area contributed by atoms with Crippen LogP contribution < -0.4 is 20.3 Å². The minimum absolute atomic E-state index is 0.0227. The maximum absolute atomic E-state index is 14.3. The Labute approximate surface area is 259 Å². The number of rotatable bonds is 10. The zero-order valence-corrected chi connectivity index (χ0v) is 28.0. The molecule has 1 aliphatic carbocycles. The number of aromatic nitrogens is 4. The van der Waals surface area contributed by atoms with Gasteiger partial charge >= 0.3 is 244 Å². The molecule has 2 aromatic carbocycles. The van der Waals surface area contributed by atoms with Gasteiger partial charge in [0, 0.05) is 7.05 Å². The summed E-state index contributed by atoms with van der Waals surface area (Å²) < 4.78 is 20.5. The zero-order valence-electron chi connectivity index (χ0n) is 23.5. The van der Waals surface area contributed by atoms with E-state index in [1.54, 1.807) is 6.07 Å². The molecule has 10 nitrogen and oxygen atoms in total. The minimum atomic E-state index is -1.38. The molecular weight excluding hydrogens is 728 g/mol. The Morgan fingerprint density at radius 1 is 1.17 bits per heavy atom. The van der Waals surface area contributed by atoms with Crippen LogP contribution in [0.1, 0.15) is 12.8 Å². The third-order valence-corrected chi connectivity index (χ3v) is 8.21. The fourth-order valence-electron chi connectivity index (χ4n) is 5.31. The Morgan fingerprint density at radius 3 is 2.71 bits per heavy atom. The van der Waals surface area contributed by atoms with E-state index in [1.165, 1.54) is 25.2 Å². The number of amides is 1. The third kappa shape index (κ3) is 6.56. The molecule has 6 rings (SSSR count). The summed E-state index contributed by atoms with van der Waals surface area (Å²) in [4.78, 5) is 26.0. The number of nitrogens with zero attached hydrogens (tertiary/aromatic N) is 6. The predicted octanol–water partition coefficient (Wildman–Crippen LogP) is 4.23. The van der Waals surface area contributed by atoms with Crippen LogP contribution in [-0.4, -0.2) is 93.0 Å². The van der Waals surface area contributed by atoms with Gasteiger partial charge in [-0.25, -0.2) is 0 Å². The number of aryl methyl sites for hydroxylation is 1. The molecule has 2 fully saturated rings. The number of carbonyl (C=O) groups is 1. The number of benzene rings is 2. The van der Waals surface area contributed by atoms with Gasteiger partial charge in [-0.1, -0.05) is 0 Å². The van der Waals surface area contributed by atoms with Gasteiger partial charge in [-0.2, -0.15) is 5.10 Å². The molecular formula is C30H32FN8O2Tl. The number of piperazine rings is 1. The normalized spacial score (nSPS) is 16.3. The van der Waals surface area contributed by atoms with Crippen LogP contribution >= 0.6 is 0 Å². The molecule has 1 saturated carbocycles. The van der Waals surface area contributed by atoms with Gasteiger partial charge in [0.1, 0.15) is 0 Å². The Bertz CT molecular complexity index is 1610. The van der Waals surface area contributed by atoms with Gasteiger partial charge in [0.2, 0.25) is 0 Å². The van der Waals surface area contributed by atoms with Crippen LogP contribution in [0.25, 0.3) is 22.2 Å². The molecule has 42 heavy (non-hydrogen) atoms. The van der Waals surface area contributed by atoms with E-state index in [1.807, 2.05) is 48.3 Å². The molecule has 4 aromatic rings. The number of anilines is 4. The van der Waals surface area contributed by atoms with Crippen LogP contribution in [0.15, 0.2) is 61.6 Å². The summed E-state index contributed by atoms with van der Waals surface area (Å²) in [5, 5.41) is 11.5. The van der Waals surface area contributed by atoms with Crippen LogP contribution in [0, 0.1) is 5.92 Å². The summed E-state index contributed by atoms with van der Waals surface area (Å²) in [7, 11) is 1.90. The second-order valence-electron chi connectivity index (χ2n) is 10.7. The summed E-state index contributed by atoms with van der Waals surface area (Å²) in [6.45, 7) is 8.22. The molecule has 2 aliphatic rings. The Kier molecular flexibility index (Phi) is 8.38. The van der Waals surface area contributed by atoms with Crippen molar-refractivity contribution in [3.63, 3.8) is 0 Å². The van der Waals surface area contributed by atoms with Gasteiger partial charge in [0.05, 0.1) is 0 Å². The molecule has 12 heteroatoms. The van der Waals surface area contributed by atoms with Crippen LogP contribution in [0.4, 0.5) is 27.3 Å². The molecule has 1 aliphatic heterocycles. The van der Waals surface area contributed by atoms with Crippen molar-refractivity contribution in [2.75, 3.05) is 48.3 Å². The first-order valence-electron chi connectivity index (χ1n) is 14.0. The second kappa shape index (κ2) is 12.3. The molecule has 2 N–H and O–H groups in total. The van der Waals surface area contributed by atoms with Crippen molar-refractivity contribution in [2.45, 2.75) is 16.8 Å². The standard InChI is InChI=1S/C30H32FN8O2.Tl/c1-3-30(40)36-24-13-25(28(41-18-31)15-27(24)39-10-8-38(9-11-39)17-20-4-5-20)35-29-14-23(32-19-33-29)21-6-7-26-22(12-21)16-34-37(26)2;/h3,6-7,12-16,18-20H,1,4-5,8-11,17H2,2H3,(H,36,40)(H,32,33,35);. The molecule has 1 saturated heterocycles. The van der Waals surface area contributed by atoms with E-state index in [2.05, 4.69) is 42.1 Å². The molecule has 0 spiro atoms. The number of carbonyl (C=O) groups excluding carboxylic acids is 1. The molecule has 3 heterocycles. The fraction of sp³-hybridized carbons (Fsp3) is 0.333. The van der Waals surface area contributed by atoms with Crippen molar-refractivity contribution >= 4 is 65.5 Å². The average Bonchev–Trinajstić information content (AvgIpc) is 3.73. The number of nitrogens with one attached hydrogen (secondary N) is 2. The summed E-state index contributed by atoms with van der Waals surface area (Å²) in [5.41, 5.74) is 4.52. The Hall–Kier alpha value is -3.59. The Balaban J connectivity index is 1.31. The van der Waals surface area contributed by atoms with Gasteiger partial charge in [-0.3, -0.25) is 4.68 Å². The van der Waals surface area contributed by atoms with Gasteiger partial charge in [-0.15, -0.1) is 0 Å². The van der Waals surface area contributed by atoms with E-state index in [9.17, 15) is 9.18 Å². The predicted molar refractivity (Wildman–Crippen MR) is 163 cm³/mol. The van der Waals surface area contributed by atoms with Crippen molar-refractivity contribution in [3.05, 3.63) is 61.6 Å². The van der Waals surface area contributed by atoms with Crippen LogP contribution in [-0.2, 0) is 11.8 Å². The van der Waals surface area contributed by atoms with E-state index in [4.69, 9.17) is 4.74 Å². The quantitative estimate of drug-likeness (QED) is 0.183. The first kappa shape index (κ1) is 28.5. The van der Waals surface area contributed by atoms with Crippen molar-refractivity contribution in [3.8, 4) is 17.0 Å². The van der Waals surface area contributed by atoms with Crippen molar-refractivity contribution < 1.29 is 13.9 Å². The monoisotopic (exact) mass is 760 g/mol. The fourth-order valence-corrected chi connectivity index (χ4v) is 5.88. The number of alkyl halides is 1. The van der Waals surface area contributed by atoms with Crippen molar-refractivity contribution in [1.29, 1.82) is 0 Å². The number of hydrogen-bond acceptors (Lipinski definition) is 8. The molecule has 1 atom stereocenters. The second-order valence-corrected chi connectivity index (χ2v) is 12.8. The van der Waals surface area contributed by atoms with Gasteiger partial charge < -0.3 is 0 Å². The summed E-state index contributed by atoms with van der Waals surface area (Å²) in [5.74, 6) is 1.37. The average molecular weight is 760 g/mol. The van der Waals surface area contributed by atoms with Crippen molar-refractivity contribution in [2.24, 2.45) is 13.0 Å². The summed E-state index contributed by atoms with van der Waals surface area (Å²) >= 11 is -0.0227. The molecule has 0 bridgehead atoms. The SMILES string of the molecule is C=CC(=O)Nc1cc(Nc2cc(-c3ccc4c(cnn4C)c3)ncn2)c(O[CH](F)[Tl])cc1N1CCN(CC2CC2)CC1. The van der Waals surface area contributed by atoms with E-state index in [-0.39, 0.29) is 31.7 Å².